The molecule has 2 N–H and O–H groups in total. The molecule has 1 aromatic heterocycles. The molecule has 138 valence electrons. The molecule has 3 rings (SSSR count). The highest BCUT2D eigenvalue weighted by molar-refractivity contribution is 6.04. The average molecular weight is 361 g/mol. The van der Waals surface area contributed by atoms with Crippen LogP contribution in [0.15, 0.2) is 67.0 Å². The van der Waals surface area contributed by atoms with Crippen molar-refractivity contribution in [2.45, 2.75) is 13.3 Å². The quantitative estimate of drug-likeness (QED) is 0.658. The molecule has 0 atom stereocenters. The van der Waals surface area contributed by atoms with Gasteiger partial charge in [-0.05, 0) is 49.2 Å². The SMILES string of the molecule is COc1ccc(CCNc2cncc(C(=O)Nc3ccc(C)cc3)c2)cc1. The van der Waals surface area contributed by atoms with Gasteiger partial charge in [0.1, 0.15) is 5.75 Å². The number of carbonyl (C=O) groups is 1. The molecule has 0 saturated carbocycles. The van der Waals surface area contributed by atoms with Gasteiger partial charge in [0.05, 0.1) is 18.4 Å². The number of nitrogens with zero attached hydrogens (tertiary/aromatic N) is 1. The molecule has 0 spiro atoms. The van der Waals surface area contributed by atoms with Crippen LogP contribution in [0, 0.1) is 6.92 Å². The van der Waals surface area contributed by atoms with Crippen molar-refractivity contribution >= 4 is 17.3 Å². The van der Waals surface area contributed by atoms with Crippen LogP contribution in [-0.2, 0) is 6.42 Å². The highest BCUT2D eigenvalue weighted by atomic mass is 16.5. The summed E-state index contributed by atoms with van der Waals surface area (Å²) in [6.45, 7) is 2.76. The van der Waals surface area contributed by atoms with Gasteiger partial charge in [0, 0.05) is 24.6 Å². The van der Waals surface area contributed by atoms with E-state index in [1.54, 1.807) is 19.5 Å². The molecule has 0 fully saturated rings. The summed E-state index contributed by atoms with van der Waals surface area (Å²) >= 11 is 0. The number of anilines is 2. The van der Waals surface area contributed by atoms with E-state index < -0.39 is 0 Å². The van der Waals surface area contributed by atoms with E-state index in [-0.39, 0.29) is 5.91 Å². The fourth-order valence-electron chi connectivity index (χ4n) is 2.64. The molecule has 1 amide bonds. The third-order valence-corrected chi connectivity index (χ3v) is 4.21. The van der Waals surface area contributed by atoms with Crippen LogP contribution in [0.2, 0.25) is 0 Å². The summed E-state index contributed by atoms with van der Waals surface area (Å²) < 4.78 is 5.17. The van der Waals surface area contributed by atoms with Gasteiger partial charge in [-0.2, -0.15) is 0 Å². The number of ether oxygens (including phenoxy) is 1. The summed E-state index contributed by atoms with van der Waals surface area (Å²) in [5.41, 5.74) is 4.47. The molecule has 3 aromatic rings. The molecule has 5 heteroatoms. The molecule has 2 aromatic carbocycles. The van der Waals surface area contributed by atoms with Crippen molar-refractivity contribution in [2.75, 3.05) is 24.3 Å². The van der Waals surface area contributed by atoms with E-state index in [1.165, 1.54) is 5.56 Å². The van der Waals surface area contributed by atoms with E-state index in [0.29, 0.717) is 5.56 Å². The molecule has 0 unspecified atom stereocenters. The van der Waals surface area contributed by atoms with Crippen molar-refractivity contribution in [3.8, 4) is 5.75 Å². The van der Waals surface area contributed by atoms with Crippen molar-refractivity contribution in [3.63, 3.8) is 0 Å². The summed E-state index contributed by atoms with van der Waals surface area (Å²) in [4.78, 5) is 16.6. The number of rotatable bonds is 7. The minimum absolute atomic E-state index is 0.176. The van der Waals surface area contributed by atoms with Crippen LogP contribution in [-0.4, -0.2) is 24.5 Å². The number of methoxy groups -OCH3 is 1. The Bertz CT molecular complexity index is 890. The van der Waals surface area contributed by atoms with Crippen LogP contribution >= 0.6 is 0 Å². The van der Waals surface area contributed by atoms with Crippen molar-refractivity contribution in [1.82, 2.24) is 4.98 Å². The molecule has 0 aliphatic rings. The lowest BCUT2D eigenvalue weighted by atomic mass is 10.1. The van der Waals surface area contributed by atoms with E-state index in [4.69, 9.17) is 4.74 Å². The number of hydrogen-bond acceptors (Lipinski definition) is 4. The second kappa shape index (κ2) is 8.85. The largest absolute Gasteiger partial charge is 0.497 e. The van der Waals surface area contributed by atoms with Crippen LogP contribution in [0.1, 0.15) is 21.5 Å². The van der Waals surface area contributed by atoms with Crippen LogP contribution in [0.25, 0.3) is 0 Å². The van der Waals surface area contributed by atoms with Gasteiger partial charge in [-0.25, -0.2) is 0 Å². The minimum Gasteiger partial charge on any atom is -0.497 e. The predicted molar refractivity (Wildman–Crippen MR) is 109 cm³/mol. The first-order valence-electron chi connectivity index (χ1n) is 8.84. The normalized spacial score (nSPS) is 10.3. The molecule has 1 heterocycles. The molecule has 0 radical (unpaired) electrons. The van der Waals surface area contributed by atoms with E-state index in [9.17, 15) is 4.79 Å². The number of pyridine rings is 1. The maximum atomic E-state index is 12.4. The van der Waals surface area contributed by atoms with Gasteiger partial charge in [-0.3, -0.25) is 9.78 Å². The molecule has 0 aliphatic carbocycles. The Morgan fingerprint density at radius 3 is 2.44 bits per heavy atom. The van der Waals surface area contributed by atoms with E-state index in [2.05, 4.69) is 15.6 Å². The molecule has 5 nitrogen and oxygen atoms in total. The molecular weight excluding hydrogens is 338 g/mol. The lowest BCUT2D eigenvalue weighted by molar-refractivity contribution is 0.102. The zero-order chi connectivity index (χ0) is 19.1. The van der Waals surface area contributed by atoms with Gasteiger partial charge in [0.2, 0.25) is 0 Å². The third-order valence-electron chi connectivity index (χ3n) is 4.21. The van der Waals surface area contributed by atoms with Gasteiger partial charge in [0.25, 0.3) is 5.91 Å². The second-order valence-electron chi connectivity index (χ2n) is 6.31. The molecular formula is C22H23N3O2. The van der Waals surface area contributed by atoms with Gasteiger partial charge in [0.15, 0.2) is 0 Å². The molecule has 0 bridgehead atoms. The van der Waals surface area contributed by atoms with E-state index in [0.717, 1.165) is 35.7 Å². The summed E-state index contributed by atoms with van der Waals surface area (Å²) in [6, 6.07) is 17.5. The van der Waals surface area contributed by atoms with Crippen molar-refractivity contribution in [3.05, 3.63) is 83.7 Å². The molecule has 0 aliphatic heterocycles. The van der Waals surface area contributed by atoms with Gasteiger partial charge < -0.3 is 15.4 Å². The Morgan fingerprint density at radius 1 is 1.00 bits per heavy atom. The summed E-state index contributed by atoms with van der Waals surface area (Å²) in [5, 5.41) is 6.20. The Hall–Kier alpha value is -3.34. The van der Waals surface area contributed by atoms with Crippen LogP contribution in [0.4, 0.5) is 11.4 Å². The number of benzene rings is 2. The third kappa shape index (κ3) is 5.31. The zero-order valence-electron chi connectivity index (χ0n) is 15.5. The monoisotopic (exact) mass is 361 g/mol. The summed E-state index contributed by atoms with van der Waals surface area (Å²) in [7, 11) is 1.66. The lowest BCUT2D eigenvalue weighted by Gasteiger charge is -2.09. The summed E-state index contributed by atoms with van der Waals surface area (Å²) in [6.07, 6.45) is 4.15. The van der Waals surface area contributed by atoms with Crippen LogP contribution in [0.3, 0.4) is 0 Å². The number of carbonyl (C=O) groups excluding carboxylic acids is 1. The minimum atomic E-state index is -0.176. The average Bonchev–Trinajstić information content (AvgIpc) is 2.70. The smallest absolute Gasteiger partial charge is 0.257 e. The standard InChI is InChI=1S/C22H23N3O2/c1-16-3-7-19(8-4-16)25-22(26)18-13-20(15-23-14-18)24-12-11-17-5-9-21(27-2)10-6-17/h3-10,13-15,24H,11-12H2,1-2H3,(H,25,26). The highest BCUT2D eigenvalue weighted by Gasteiger charge is 2.07. The number of hydrogen-bond donors (Lipinski definition) is 2. The lowest BCUT2D eigenvalue weighted by Crippen LogP contribution is -2.13. The van der Waals surface area contributed by atoms with Crippen molar-refractivity contribution < 1.29 is 9.53 Å². The van der Waals surface area contributed by atoms with Crippen LogP contribution < -0.4 is 15.4 Å². The fraction of sp³-hybridized carbons (Fsp3) is 0.182. The Balaban J connectivity index is 1.56. The van der Waals surface area contributed by atoms with Gasteiger partial charge in [-0.1, -0.05) is 29.8 Å². The predicted octanol–water partition coefficient (Wildman–Crippen LogP) is 4.31. The summed E-state index contributed by atoms with van der Waals surface area (Å²) in [5.74, 6) is 0.674. The van der Waals surface area contributed by atoms with Crippen molar-refractivity contribution in [1.29, 1.82) is 0 Å². The van der Waals surface area contributed by atoms with E-state index >= 15 is 0 Å². The number of nitrogens with one attached hydrogen (secondary N) is 2. The Labute approximate surface area is 159 Å². The number of amides is 1. The first-order chi connectivity index (χ1) is 13.1. The maximum absolute atomic E-state index is 12.4. The second-order valence-corrected chi connectivity index (χ2v) is 6.31. The van der Waals surface area contributed by atoms with Gasteiger partial charge in [-0.15, -0.1) is 0 Å². The Kier molecular flexibility index (Phi) is 6.05. The zero-order valence-corrected chi connectivity index (χ0v) is 15.5. The van der Waals surface area contributed by atoms with E-state index in [1.807, 2.05) is 61.5 Å². The molecule has 0 saturated heterocycles. The molecule has 27 heavy (non-hydrogen) atoms. The van der Waals surface area contributed by atoms with Crippen molar-refractivity contribution in [2.24, 2.45) is 0 Å². The van der Waals surface area contributed by atoms with Crippen LogP contribution in [0.5, 0.6) is 5.75 Å². The Morgan fingerprint density at radius 2 is 1.74 bits per heavy atom. The fourth-order valence-corrected chi connectivity index (χ4v) is 2.64. The number of aryl methyl sites for hydroxylation is 1. The maximum Gasteiger partial charge on any atom is 0.257 e. The highest BCUT2D eigenvalue weighted by Crippen LogP contribution is 2.14. The van der Waals surface area contributed by atoms with Gasteiger partial charge >= 0.3 is 0 Å². The number of aromatic nitrogens is 1. The first-order valence-corrected chi connectivity index (χ1v) is 8.84. The first kappa shape index (κ1) is 18.5. The topological polar surface area (TPSA) is 63.2 Å².